The summed E-state index contributed by atoms with van der Waals surface area (Å²) in [5.74, 6) is -0.480. The van der Waals surface area contributed by atoms with Crippen molar-refractivity contribution in [2.45, 2.75) is 62.9 Å². The van der Waals surface area contributed by atoms with Crippen molar-refractivity contribution in [3.8, 4) is 0 Å². The lowest BCUT2D eigenvalue weighted by Crippen LogP contribution is -2.58. The molecular weight excluding hydrogens is 556 g/mol. The largest absolute Gasteiger partial charge is 0.343 e. The van der Waals surface area contributed by atoms with Gasteiger partial charge in [0.25, 0.3) is 0 Å². The Bertz CT molecular complexity index is 1500. The van der Waals surface area contributed by atoms with Gasteiger partial charge >= 0.3 is 10.2 Å². The molecule has 0 aliphatic carbocycles. The van der Waals surface area contributed by atoms with Gasteiger partial charge in [0.2, 0.25) is 17.8 Å². The highest BCUT2D eigenvalue weighted by atomic mass is 32.2. The van der Waals surface area contributed by atoms with Crippen molar-refractivity contribution in [2.24, 2.45) is 5.73 Å². The number of aromatic amines is 1. The molecule has 0 radical (unpaired) electrons. The van der Waals surface area contributed by atoms with Gasteiger partial charge in [-0.1, -0.05) is 48.5 Å². The Morgan fingerprint density at radius 3 is 2.45 bits per heavy atom. The van der Waals surface area contributed by atoms with Crippen LogP contribution < -0.4 is 20.1 Å². The lowest BCUT2D eigenvalue weighted by atomic mass is 9.74. The molecule has 2 aliphatic rings. The fourth-order valence-electron chi connectivity index (χ4n) is 5.79. The fraction of sp³-hybridized carbons (Fsp3) is 0.448. The third-order valence-electron chi connectivity index (χ3n) is 8.14. The summed E-state index contributed by atoms with van der Waals surface area (Å²) in [6, 6.07) is 16.8. The second-order valence-electron chi connectivity index (χ2n) is 11.7. The topological polar surface area (TPSA) is 166 Å². The SMILES string of the molecule is CC(C)(N)C(=O)N[C@H](CCCc1ccccc1)C(=O)N1CCC2(CC1)CN(S(=O)(=O)Nc1ncn[nH]1)c1ccccc12. The summed E-state index contributed by atoms with van der Waals surface area (Å²) >= 11 is 0. The van der Waals surface area contributed by atoms with E-state index in [1.807, 2.05) is 48.5 Å². The predicted octanol–water partition coefficient (Wildman–Crippen LogP) is 2.09. The van der Waals surface area contributed by atoms with Gasteiger partial charge in [-0.25, -0.2) is 9.82 Å². The highest BCUT2D eigenvalue weighted by Crippen LogP contribution is 2.48. The number of hydrogen-bond donors (Lipinski definition) is 4. The average molecular weight is 595 g/mol. The number of fused-ring (bicyclic) bond motifs is 2. The molecule has 0 bridgehead atoms. The first-order chi connectivity index (χ1) is 20.0. The lowest BCUT2D eigenvalue weighted by molar-refractivity contribution is -0.139. The molecule has 1 spiro atoms. The van der Waals surface area contributed by atoms with E-state index >= 15 is 0 Å². The van der Waals surface area contributed by atoms with Crippen LogP contribution in [0.25, 0.3) is 0 Å². The highest BCUT2D eigenvalue weighted by Gasteiger charge is 2.49. The molecular formula is C29H38N8O4S. The summed E-state index contributed by atoms with van der Waals surface area (Å²) < 4.78 is 30.5. The van der Waals surface area contributed by atoms with Crippen molar-refractivity contribution in [2.75, 3.05) is 28.7 Å². The van der Waals surface area contributed by atoms with Gasteiger partial charge in [-0.15, -0.1) is 0 Å². The van der Waals surface area contributed by atoms with Crippen LogP contribution in [0.5, 0.6) is 0 Å². The van der Waals surface area contributed by atoms with Gasteiger partial charge in [-0.3, -0.25) is 13.9 Å². The molecule has 3 heterocycles. The number of piperidine rings is 1. The summed E-state index contributed by atoms with van der Waals surface area (Å²) in [6.45, 7) is 4.36. The van der Waals surface area contributed by atoms with Crippen molar-refractivity contribution in [3.63, 3.8) is 0 Å². The number of H-pyrrole nitrogens is 1. The summed E-state index contributed by atoms with van der Waals surface area (Å²) in [6.07, 6.45) is 4.39. The summed E-state index contributed by atoms with van der Waals surface area (Å²) in [5, 5.41) is 9.14. The molecule has 1 aromatic heterocycles. The number of anilines is 2. The van der Waals surface area contributed by atoms with E-state index in [1.165, 1.54) is 16.2 Å². The van der Waals surface area contributed by atoms with E-state index in [4.69, 9.17) is 5.73 Å². The van der Waals surface area contributed by atoms with E-state index in [2.05, 4.69) is 25.2 Å². The van der Waals surface area contributed by atoms with E-state index in [0.717, 1.165) is 18.4 Å². The van der Waals surface area contributed by atoms with Crippen LogP contribution in [0.4, 0.5) is 11.6 Å². The molecule has 5 N–H and O–H groups in total. The number of carbonyl (C=O) groups is 2. The molecule has 2 aliphatic heterocycles. The third-order valence-corrected chi connectivity index (χ3v) is 9.50. The normalized spacial score (nSPS) is 17.1. The number of nitrogens with two attached hydrogens (primary N) is 1. The van der Waals surface area contributed by atoms with E-state index in [1.54, 1.807) is 24.8 Å². The molecule has 13 heteroatoms. The molecule has 1 fully saturated rings. The molecule has 0 saturated carbocycles. The second kappa shape index (κ2) is 11.7. The minimum absolute atomic E-state index is 0.0369. The van der Waals surface area contributed by atoms with Crippen LogP contribution in [0, 0.1) is 0 Å². The van der Waals surface area contributed by atoms with Gasteiger partial charge in [0.15, 0.2) is 0 Å². The number of nitrogens with one attached hydrogen (secondary N) is 3. The van der Waals surface area contributed by atoms with E-state index in [-0.39, 0.29) is 24.3 Å². The number of para-hydroxylation sites is 1. The minimum atomic E-state index is -3.97. The number of benzene rings is 2. The van der Waals surface area contributed by atoms with E-state index in [0.29, 0.717) is 38.0 Å². The van der Waals surface area contributed by atoms with E-state index < -0.39 is 27.2 Å². The molecule has 5 rings (SSSR count). The zero-order valence-corrected chi connectivity index (χ0v) is 24.7. The number of hydrogen-bond acceptors (Lipinski definition) is 7. The number of nitrogens with zero attached hydrogens (tertiary/aromatic N) is 4. The van der Waals surface area contributed by atoms with Crippen LogP contribution in [0.15, 0.2) is 60.9 Å². The zero-order chi connectivity index (χ0) is 30.0. The Labute approximate surface area is 246 Å². The van der Waals surface area contributed by atoms with Gasteiger partial charge in [0, 0.05) is 25.0 Å². The number of carbonyl (C=O) groups excluding carboxylic acids is 2. The first-order valence-corrected chi connectivity index (χ1v) is 15.6. The van der Waals surface area contributed by atoms with Crippen molar-refractivity contribution < 1.29 is 18.0 Å². The van der Waals surface area contributed by atoms with Crippen LogP contribution >= 0.6 is 0 Å². The maximum absolute atomic E-state index is 13.8. The zero-order valence-electron chi connectivity index (χ0n) is 23.9. The summed E-state index contributed by atoms with van der Waals surface area (Å²) in [4.78, 5) is 32.3. The van der Waals surface area contributed by atoms with Crippen molar-refractivity contribution in [1.29, 1.82) is 0 Å². The molecule has 1 atom stereocenters. The number of aromatic nitrogens is 3. The molecule has 1 saturated heterocycles. The Kier molecular flexibility index (Phi) is 8.24. The number of amides is 2. The fourth-order valence-corrected chi connectivity index (χ4v) is 7.08. The van der Waals surface area contributed by atoms with Crippen molar-refractivity contribution >= 4 is 33.7 Å². The Morgan fingerprint density at radius 2 is 1.79 bits per heavy atom. The molecule has 2 amide bonds. The van der Waals surface area contributed by atoms with Crippen molar-refractivity contribution in [1.82, 2.24) is 25.4 Å². The van der Waals surface area contributed by atoms with Gasteiger partial charge in [-0.05, 0) is 63.1 Å². The van der Waals surface area contributed by atoms with Crippen LogP contribution in [0.1, 0.15) is 50.7 Å². The quantitative estimate of drug-likeness (QED) is 0.279. The average Bonchev–Trinajstić information content (AvgIpc) is 3.59. The van der Waals surface area contributed by atoms with Crippen LogP contribution in [-0.4, -0.2) is 71.5 Å². The van der Waals surface area contributed by atoms with E-state index in [9.17, 15) is 18.0 Å². The maximum atomic E-state index is 13.8. The van der Waals surface area contributed by atoms with Gasteiger partial charge in [0.05, 0.1) is 11.2 Å². The van der Waals surface area contributed by atoms with Gasteiger partial charge < -0.3 is 16.0 Å². The van der Waals surface area contributed by atoms with Gasteiger partial charge in [-0.2, -0.15) is 18.5 Å². The monoisotopic (exact) mass is 594 g/mol. The van der Waals surface area contributed by atoms with Crippen LogP contribution in [0.3, 0.4) is 0 Å². The first-order valence-electron chi connectivity index (χ1n) is 14.2. The minimum Gasteiger partial charge on any atom is -0.343 e. The number of rotatable bonds is 10. The number of aryl methyl sites for hydroxylation is 1. The summed E-state index contributed by atoms with van der Waals surface area (Å²) in [5.41, 5.74) is 7.19. The third kappa shape index (κ3) is 6.26. The Morgan fingerprint density at radius 1 is 1.10 bits per heavy atom. The molecule has 42 heavy (non-hydrogen) atoms. The second-order valence-corrected chi connectivity index (χ2v) is 13.3. The smallest absolute Gasteiger partial charge is 0.326 e. The van der Waals surface area contributed by atoms with Crippen LogP contribution in [0.2, 0.25) is 0 Å². The molecule has 2 aromatic carbocycles. The standard InChI is InChI=1S/C29H38N8O4S/c1-28(2,30)26(39)33-23(13-8-11-21-9-4-3-5-10-21)25(38)36-17-15-29(16-18-36)19-37(24-14-7-6-12-22(24)29)42(40,41)35-27-31-20-32-34-27/h3-7,9-10,12,14,20,23H,8,11,13,15-19,30H2,1-2H3,(H,33,39)(H2,31,32,34,35)/t23-/m1/s1. The first kappa shape index (κ1) is 29.5. The summed E-state index contributed by atoms with van der Waals surface area (Å²) in [7, 11) is -3.97. The van der Waals surface area contributed by atoms with Crippen molar-refractivity contribution in [3.05, 3.63) is 72.1 Å². The predicted molar refractivity (Wildman–Crippen MR) is 160 cm³/mol. The number of likely N-dealkylation sites (tertiary alicyclic amines) is 1. The maximum Gasteiger partial charge on any atom is 0.326 e. The lowest BCUT2D eigenvalue weighted by Gasteiger charge is -2.41. The molecule has 3 aromatic rings. The molecule has 224 valence electrons. The molecule has 12 nitrogen and oxygen atoms in total. The Balaban J connectivity index is 1.29. The van der Waals surface area contributed by atoms with Crippen LogP contribution in [-0.2, 0) is 31.6 Å². The van der Waals surface area contributed by atoms with Gasteiger partial charge in [0.1, 0.15) is 12.4 Å². The Hall–Kier alpha value is -3.97. The molecule has 0 unspecified atom stereocenters. The highest BCUT2D eigenvalue weighted by molar-refractivity contribution is 7.94.